The summed E-state index contributed by atoms with van der Waals surface area (Å²) in [6.07, 6.45) is 3.55. The third-order valence-corrected chi connectivity index (χ3v) is 4.40. The second kappa shape index (κ2) is 7.03. The maximum Gasteiger partial charge on any atom is 0.146 e. The predicted octanol–water partition coefficient (Wildman–Crippen LogP) is 5.56. The summed E-state index contributed by atoms with van der Waals surface area (Å²) in [5.41, 5.74) is 1.49. The van der Waals surface area contributed by atoms with Crippen molar-refractivity contribution < 1.29 is 8.78 Å². The van der Waals surface area contributed by atoms with Crippen LogP contribution in [0.1, 0.15) is 24.9 Å². The van der Waals surface area contributed by atoms with E-state index in [1.807, 2.05) is 12.3 Å². The molecule has 3 aromatic rings. The minimum atomic E-state index is -0.317. The molecule has 6 heteroatoms. The highest BCUT2D eigenvalue weighted by molar-refractivity contribution is 7.17. The van der Waals surface area contributed by atoms with E-state index in [0.29, 0.717) is 5.56 Å². The van der Waals surface area contributed by atoms with E-state index in [1.165, 1.54) is 29.7 Å². The van der Waals surface area contributed by atoms with Crippen molar-refractivity contribution >= 4 is 39.5 Å². The molecule has 1 unspecified atom stereocenters. The number of pyridine rings is 1. The molecule has 0 spiro atoms. The quantitative estimate of drug-likeness (QED) is 0.672. The van der Waals surface area contributed by atoms with Crippen molar-refractivity contribution in [1.82, 2.24) is 4.98 Å². The van der Waals surface area contributed by atoms with Crippen molar-refractivity contribution in [3.05, 3.63) is 59.2 Å². The minimum absolute atomic E-state index is 0. The molecule has 1 N–H and O–H groups in total. The molecule has 0 aliphatic rings. The summed E-state index contributed by atoms with van der Waals surface area (Å²) in [5, 5.41) is 6.24. The SMILES string of the molecule is CCC(Nc1csc2cc(F)ccc12)c1ccncc1F.Cl. The predicted molar refractivity (Wildman–Crippen MR) is 89.9 cm³/mol. The number of hydrogen-bond acceptors (Lipinski definition) is 3. The maximum atomic E-state index is 13.9. The van der Waals surface area contributed by atoms with E-state index in [0.717, 1.165) is 22.2 Å². The smallest absolute Gasteiger partial charge is 0.146 e. The monoisotopic (exact) mass is 340 g/mol. The third kappa shape index (κ3) is 3.20. The van der Waals surface area contributed by atoms with Gasteiger partial charge in [0.1, 0.15) is 11.6 Å². The molecule has 0 fully saturated rings. The first-order chi connectivity index (χ1) is 10.2. The van der Waals surface area contributed by atoms with Crippen LogP contribution in [-0.2, 0) is 0 Å². The van der Waals surface area contributed by atoms with Crippen LogP contribution in [0.5, 0.6) is 0 Å². The summed E-state index contributed by atoms with van der Waals surface area (Å²) in [6.45, 7) is 1.99. The Balaban J connectivity index is 0.00000176. The molecule has 2 nitrogen and oxygen atoms in total. The summed E-state index contributed by atoms with van der Waals surface area (Å²) in [6, 6.07) is 6.24. The molecule has 0 aliphatic carbocycles. The molecule has 0 bridgehead atoms. The van der Waals surface area contributed by atoms with Gasteiger partial charge in [0.15, 0.2) is 0 Å². The molecular formula is C16H15ClF2N2S. The van der Waals surface area contributed by atoms with E-state index in [1.54, 1.807) is 18.3 Å². The molecule has 0 saturated carbocycles. The summed E-state index contributed by atoms with van der Waals surface area (Å²) >= 11 is 1.47. The highest BCUT2D eigenvalue weighted by Crippen LogP contribution is 2.34. The molecule has 116 valence electrons. The molecule has 2 heterocycles. The zero-order valence-electron chi connectivity index (χ0n) is 11.8. The molecule has 2 aromatic heterocycles. The number of anilines is 1. The number of benzene rings is 1. The van der Waals surface area contributed by atoms with Gasteiger partial charge in [-0.1, -0.05) is 6.92 Å². The zero-order chi connectivity index (χ0) is 14.8. The highest BCUT2D eigenvalue weighted by Gasteiger charge is 2.15. The average Bonchev–Trinajstić information content (AvgIpc) is 2.87. The van der Waals surface area contributed by atoms with Crippen molar-refractivity contribution in [2.75, 3.05) is 5.32 Å². The van der Waals surface area contributed by atoms with Crippen LogP contribution in [0, 0.1) is 11.6 Å². The molecule has 22 heavy (non-hydrogen) atoms. The Hall–Kier alpha value is -1.72. The Morgan fingerprint density at radius 2 is 2.09 bits per heavy atom. The molecule has 1 aromatic carbocycles. The van der Waals surface area contributed by atoms with Gasteiger partial charge < -0.3 is 5.32 Å². The second-order valence-corrected chi connectivity index (χ2v) is 5.70. The fourth-order valence-corrected chi connectivity index (χ4v) is 3.30. The lowest BCUT2D eigenvalue weighted by Gasteiger charge is -2.18. The summed E-state index contributed by atoms with van der Waals surface area (Å²) in [4.78, 5) is 3.78. The molecule has 3 rings (SSSR count). The fourth-order valence-electron chi connectivity index (χ4n) is 2.37. The van der Waals surface area contributed by atoms with Crippen LogP contribution in [0.4, 0.5) is 14.5 Å². The average molecular weight is 341 g/mol. The van der Waals surface area contributed by atoms with Gasteiger partial charge in [-0.2, -0.15) is 0 Å². The number of nitrogens with zero attached hydrogens (tertiary/aromatic N) is 1. The van der Waals surface area contributed by atoms with E-state index in [4.69, 9.17) is 0 Å². The number of hydrogen-bond donors (Lipinski definition) is 1. The number of fused-ring (bicyclic) bond motifs is 1. The largest absolute Gasteiger partial charge is 0.377 e. The Labute approximate surface area is 137 Å². The van der Waals surface area contributed by atoms with Crippen molar-refractivity contribution in [2.45, 2.75) is 19.4 Å². The van der Waals surface area contributed by atoms with Gasteiger partial charge in [0, 0.05) is 27.2 Å². The van der Waals surface area contributed by atoms with Gasteiger partial charge in [-0.25, -0.2) is 8.78 Å². The molecule has 0 saturated heterocycles. The number of aromatic nitrogens is 1. The van der Waals surface area contributed by atoms with Gasteiger partial charge in [0.05, 0.1) is 17.9 Å². The van der Waals surface area contributed by atoms with Crippen LogP contribution in [0.3, 0.4) is 0 Å². The standard InChI is InChI=1S/C16H14F2N2S.ClH/c1-2-14(11-5-6-19-8-13(11)18)20-15-9-21-16-7-10(17)3-4-12(15)16;/h3-9,14,20H,2H2,1H3;1H. The number of rotatable bonds is 4. The summed E-state index contributed by atoms with van der Waals surface area (Å²) in [5.74, 6) is -0.564. The van der Waals surface area contributed by atoms with Crippen LogP contribution in [-0.4, -0.2) is 4.98 Å². The fraction of sp³-hybridized carbons (Fsp3) is 0.188. The third-order valence-electron chi connectivity index (χ3n) is 3.45. The van der Waals surface area contributed by atoms with Crippen LogP contribution in [0.25, 0.3) is 10.1 Å². The number of halogens is 3. The van der Waals surface area contributed by atoms with Gasteiger partial charge in [-0.15, -0.1) is 23.7 Å². The first kappa shape index (κ1) is 16.6. The van der Waals surface area contributed by atoms with E-state index in [9.17, 15) is 8.78 Å². The Morgan fingerprint density at radius 3 is 2.82 bits per heavy atom. The van der Waals surface area contributed by atoms with Gasteiger partial charge in [-0.05, 0) is 30.7 Å². The topological polar surface area (TPSA) is 24.9 Å². The normalized spacial score (nSPS) is 12.0. The second-order valence-electron chi connectivity index (χ2n) is 4.79. The molecule has 0 aliphatic heterocycles. The molecule has 1 atom stereocenters. The number of thiophene rings is 1. The first-order valence-electron chi connectivity index (χ1n) is 6.71. The Morgan fingerprint density at radius 1 is 1.27 bits per heavy atom. The maximum absolute atomic E-state index is 13.9. The van der Waals surface area contributed by atoms with Crippen molar-refractivity contribution in [2.24, 2.45) is 0 Å². The van der Waals surface area contributed by atoms with Crippen LogP contribution in [0.2, 0.25) is 0 Å². The van der Waals surface area contributed by atoms with Gasteiger partial charge in [0.2, 0.25) is 0 Å². The Kier molecular flexibility index (Phi) is 5.32. The number of nitrogens with one attached hydrogen (secondary N) is 1. The lowest BCUT2D eigenvalue weighted by Crippen LogP contribution is -2.11. The molecular weight excluding hydrogens is 326 g/mol. The lowest BCUT2D eigenvalue weighted by atomic mass is 10.0. The van der Waals surface area contributed by atoms with Crippen molar-refractivity contribution in [3.63, 3.8) is 0 Å². The zero-order valence-corrected chi connectivity index (χ0v) is 13.5. The van der Waals surface area contributed by atoms with E-state index < -0.39 is 0 Å². The van der Waals surface area contributed by atoms with Crippen LogP contribution >= 0.6 is 23.7 Å². The van der Waals surface area contributed by atoms with E-state index in [-0.39, 0.29) is 30.1 Å². The first-order valence-corrected chi connectivity index (χ1v) is 7.59. The minimum Gasteiger partial charge on any atom is -0.377 e. The van der Waals surface area contributed by atoms with Crippen molar-refractivity contribution in [1.29, 1.82) is 0 Å². The molecule has 0 radical (unpaired) electrons. The van der Waals surface area contributed by atoms with Gasteiger partial charge >= 0.3 is 0 Å². The van der Waals surface area contributed by atoms with Crippen molar-refractivity contribution in [3.8, 4) is 0 Å². The van der Waals surface area contributed by atoms with Gasteiger partial charge in [-0.3, -0.25) is 4.98 Å². The van der Waals surface area contributed by atoms with Crippen LogP contribution < -0.4 is 5.32 Å². The van der Waals surface area contributed by atoms with E-state index in [2.05, 4.69) is 10.3 Å². The van der Waals surface area contributed by atoms with Crippen LogP contribution in [0.15, 0.2) is 42.0 Å². The summed E-state index contributed by atoms with van der Waals surface area (Å²) in [7, 11) is 0. The van der Waals surface area contributed by atoms with Gasteiger partial charge in [0.25, 0.3) is 0 Å². The highest BCUT2D eigenvalue weighted by atomic mass is 35.5. The lowest BCUT2D eigenvalue weighted by molar-refractivity contribution is 0.581. The summed E-state index contributed by atoms with van der Waals surface area (Å²) < 4.78 is 28.0. The Bertz CT molecular complexity index is 776. The molecule has 0 amide bonds. The van der Waals surface area contributed by atoms with E-state index >= 15 is 0 Å².